The van der Waals surface area contributed by atoms with Crippen LogP contribution in [-0.4, -0.2) is 38.9 Å². The summed E-state index contributed by atoms with van der Waals surface area (Å²) in [4.78, 5) is 31.7. The SMILES string of the molecule is C/C=C/C(=O)NCCCCCc1nc2ccccc2n1CC(=O)N(Cc1ccccc1)C(C)C. The molecular formula is C28H36N4O2. The maximum absolute atomic E-state index is 13.4. The van der Waals surface area contributed by atoms with Gasteiger partial charge in [0.1, 0.15) is 12.4 Å². The number of nitrogens with zero attached hydrogens (tertiary/aromatic N) is 3. The van der Waals surface area contributed by atoms with Gasteiger partial charge in [0.05, 0.1) is 11.0 Å². The van der Waals surface area contributed by atoms with Crippen molar-refractivity contribution in [2.24, 2.45) is 0 Å². The van der Waals surface area contributed by atoms with E-state index < -0.39 is 0 Å². The average molecular weight is 461 g/mol. The molecule has 0 unspecified atom stereocenters. The Hall–Kier alpha value is -3.41. The number of unbranched alkanes of at least 4 members (excludes halogenated alkanes) is 2. The van der Waals surface area contributed by atoms with Gasteiger partial charge < -0.3 is 14.8 Å². The quantitative estimate of drug-likeness (QED) is 0.309. The second kappa shape index (κ2) is 12.7. The molecule has 0 aliphatic rings. The van der Waals surface area contributed by atoms with Gasteiger partial charge in [0.15, 0.2) is 0 Å². The van der Waals surface area contributed by atoms with Crippen molar-refractivity contribution in [3.63, 3.8) is 0 Å². The molecule has 0 fully saturated rings. The standard InChI is InChI=1S/C28H36N4O2/c1-4-13-27(33)29-19-12-6-9-18-26-30-24-16-10-11-17-25(24)32(26)21-28(34)31(22(2)3)20-23-14-7-5-8-15-23/h4-5,7-8,10-11,13-17,22H,6,9,12,18-21H2,1-3H3,(H,29,33)/b13-4+. The third kappa shape index (κ3) is 7.04. The van der Waals surface area contributed by atoms with E-state index in [0.29, 0.717) is 13.1 Å². The van der Waals surface area contributed by atoms with E-state index in [0.717, 1.165) is 48.1 Å². The number of fused-ring (bicyclic) bond motifs is 1. The third-order valence-electron chi connectivity index (χ3n) is 5.86. The van der Waals surface area contributed by atoms with Crippen LogP contribution in [0.1, 0.15) is 51.4 Å². The van der Waals surface area contributed by atoms with Crippen molar-refractivity contribution in [2.45, 2.75) is 65.6 Å². The van der Waals surface area contributed by atoms with Gasteiger partial charge in [0.25, 0.3) is 0 Å². The molecule has 0 spiro atoms. The lowest BCUT2D eigenvalue weighted by Crippen LogP contribution is -2.38. The first-order chi connectivity index (χ1) is 16.5. The van der Waals surface area contributed by atoms with E-state index in [1.165, 1.54) is 6.08 Å². The molecule has 1 N–H and O–H groups in total. The Kier molecular flexibility index (Phi) is 9.44. The molecule has 0 aliphatic carbocycles. The van der Waals surface area contributed by atoms with Gasteiger partial charge in [-0.15, -0.1) is 0 Å². The highest BCUT2D eigenvalue weighted by atomic mass is 16.2. The maximum atomic E-state index is 13.4. The first-order valence-electron chi connectivity index (χ1n) is 12.2. The molecule has 0 saturated carbocycles. The van der Waals surface area contributed by atoms with Crippen molar-refractivity contribution in [2.75, 3.05) is 6.54 Å². The number of amides is 2. The lowest BCUT2D eigenvalue weighted by Gasteiger charge is -2.27. The van der Waals surface area contributed by atoms with Crippen LogP contribution in [0, 0.1) is 0 Å². The molecule has 0 atom stereocenters. The zero-order valence-corrected chi connectivity index (χ0v) is 20.5. The van der Waals surface area contributed by atoms with Crippen molar-refractivity contribution in [1.29, 1.82) is 0 Å². The molecule has 2 aromatic carbocycles. The highest BCUT2D eigenvalue weighted by Crippen LogP contribution is 2.19. The number of carbonyl (C=O) groups excluding carboxylic acids is 2. The van der Waals surface area contributed by atoms with E-state index in [1.54, 1.807) is 6.08 Å². The van der Waals surface area contributed by atoms with Crippen molar-refractivity contribution in [1.82, 2.24) is 19.8 Å². The first kappa shape index (κ1) is 25.2. The van der Waals surface area contributed by atoms with Gasteiger partial charge in [0, 0.05) is 25.6 Å². The van der Waals surface area contributed by atoms with Crippen LogP contribution < -0.4 is 5.32 Å². The van der Waals surface area contributed by atoms with Gasteiger partial charge in [-0.2, -0.15) is 0 Å². The van der Waals surface area contributed by atoms with E-state index in [9.17, 15) is 9.59 Å². The topological polar surface area (TPSA) is 67.2 Å². The molecule has 1 aromatic heterocycles. The minimum Gasteiger partial charge on any atom is -0.353 e. The van der Waals surface area contributed by atoms with Crippen LogP contribution in [0.3, 0.4) is 0 Å². The van der Waals surface area contributed by atoms with Gasteiger partial charge in [-0.05, 0) is 57.4 Å². The molecule has 0 radical (unpaired) electrons. The molecule has 2 amide bonds. The lowest BCUT2D eigenvalue weighted by atomic mass is 10.1. The molecule has 6 nitrogen and oxygen atoms in total. The number of para-hydroxylation sites is 2. The summed E-state index contributed by atoms with van der Waals surface area (Å²) in [7, 11) is 0. The van der Waals surface area contributed by atoms with Crippen LogP contribution in [0.4, 0.5) is 0 Å². The zero-order chi connectivity index (χ0) is 24.3. The summed E-state index contributed by atoms with van der Waals surface area (Å²) in [5, 5.41) is 2.89. The monoisotopic (exact) mass is 460 g/mol. The van der Waals surface area contributed by atoms with Gasteiger partial charge >= 0.3 is 0 Å². The third-order valence-corrected chi connectivity index (χ3v) is 5.86. The molecule has 0 bridgehead atoms. The number of benzene rings is 2. The molecule has 0 aliphatic heterocycles. The van der Waals surface area contributed by atoms with Crippen LogP contribution in [0.5, 0.6) is 0 Å². The minimum atomic E-state index is -0.0481. The molecule has 3 aromatic rings. The lowest BCUT2D eigenvalue weighted by molar-refractivity contribution is -0.134. The molecule has 0 saturated heterocycles. The Morgan fingerprint density at radius 3 is 2.50 bits per heavy atom. The average Bonchev–Trinajstić information content (AvgIpc) is 3.17. The number of imidazole rings is 1. The predicted molar refractivity (Wildman–Crippen MR) is 137 cm³/mol. The molecule has 1 heterocycles. The molecule has 34 heavy (non-hydrogen) atoms. The van der Waals surface area contributed by atoms with Gasteiger partial charge in [0.2, 0.25) is 11.8 Å². The van der Waals surface area contributed by atoms with E-state index in [4.69, 9.17) is 4.98 Å². The number of aryl methyl sites for hydroxylation is 1. The Labute approximate surface area is 202 Å². The van der Waals surface area contributed by atoms with Gasteiger partial charge in [-0.25, -0.2) is 4.98 Å². The van der Waals surface area contributed by atoms with Crippen molar-refractivity contribution >= 4 is 22.8 Å². The Balaban J connectivity index is 1.66. The number of allylic oxidation sites excluding steroid dienone is 1. The summed E-state index contributed by atoms with van der Waals surface area (Å²) >= 11 is 0. The van der Waals surface area contributed by atoms with E-state index in [2.05, 4.69) is 35.9 Å². The summed E-state index contributed by atoms with van der Waals surface area (Å²) in [6.07, 6.45) is 6.93. The van der Waals surface area contributed by atoms with Crippen LogP contribution in [0.2, 0.25) is 0 Å². The number of nitrogens with one attached hydrogen (secondary N) is 1. The van der Waals surface area contributed by atoms with Crippen LogP contribution >= 0.6 is 0 Å². The van der Waals surface area contributed by atoms with Crippen LogP contribution in [-0.2, 0) is 29.1 Å². The number of carbonyl (C=O) groups is 2. The highest BCUT2D eigenvalue weighted by Gasteiger charge is 2.20. The van der Waals surface area contributed by atoms with Crippen molar-refractivity contribution < 1.29 is 9.59 Å². The van der Waals surface area contributed by atoms with E-state index >= 15 is 0 Å². The Bertz CT molecular complexity index is 1100. The van der Waals surface area contributed by atoms with Crippen molar-refractivity contribution in [3.05, 3.63) is 78.1 Å². The summed E-state index contributed by atoms with van der Waals surface area (Å²) in [6, 6.07) is 18.2. The number of hydrogen-bond donors (Lipinski definition) is 1. The first-order valence-corrected chi connectivity index (χ1v) is 12.2. The van der Waals surface area contributed by atoms with E-state index in [-0.39, 0.29) is 24.4 Å². The van der Waals surface area contributed by atoms with Gasteiger partial charge in [-0.1, -0.05) is 55.0 Å². The minimum absolute atomic E-state index is 0.0481. The number of hydrogen-bond acceptors (Lipinski definition) is 3. The summed E-state index contributed by atoms with van der Waals surface area (Å²) in [5.41, 5.74) is 3.04. The molecule has 3 rings (SSSR count). The summed E-state index contributed by atoms with van der Waals surface area (Å²) in [5.74, 6) is 0.985. The number of aromatic nitrogens is 2. The summed E-state index contributed by atoms with van der Waals surface area (Å²) in [6.45, 7) is 7.49. The van der Waals surface area contributed by atoms with E-state index in [1.807, 2.05) is 54.3 Å². The molecule has 6 heteroatoms. The smallest absolute Gasteiger partial charge is 0.243 e. The molecular weight excluding hydrogens is 424 g/mol. The van der Waals surface area contributed by atoms with Crippen LogP contribution in [0.15, 0.2) is 66.7 Å². The maximum Gasteiger partial charge on any atom is 0.243 e. The largest absolute Gasteiger partial charge is 0.353 e. The normalized spacial score (nSPS) is 11.4. The fourth-order valence-electron chi connectivity index (χ4n) is 4.06. The van der Waals surface area contributed by atoms with Gasteiger partial charge in [-0.3, -0.25) is 9.59 Å². The predicted octanol–water partition coefficient (Wildman–Crippen LogP) is 4.88. The second-order valence-electron chi connectivity index (χ2n) is 8.81. The Morgan fingerprint density at radius 2 is 1.76 bits per heavy atom. The zero-order valence-electron chi connectivity index (χ0n) is 20.5. The fourth-order valence-corrected chi connectivity index (χ4v) is 4.06. The molecule has 180 valence electrons. The fraction of sp³-hybridized carbons (Fsp3) is 0.393. The Morgan fingerprint density at radius 1 is 1.03 bits per heavy atom. The number of rotatable bonds is 12. The second-order valence-corrected chi connectivity index (χ2v) is 8.81. The summed E-state index contributed by atoms with van der Waals surface area (Å²) < 4.78 is 2.08. The van der Waals surface area contributed by atoms with Crippen LogP contribution in [0.25, 0.3) is 11.0 Å². The highest BCUT2D eigenvalue weighted by molar-refractivity contribution is 5.87. The van der Waals surface area contributed by atoms with Crippen molar-refractivity contribution in [3.8, 4) is 0 Å².